The zero-order valence-electron chi connectivity index (χ0n) is 16.5. The lowest BCUT2D eigenvalue weighted by Gasteiger charge is -2.18. The van der Waals surface area contributed by atoms with Crippen LogP contribution in [0.1, 0.15) is 43.7 Å². The molecule has 3 rings (SSSR count). The molecule has 0 spiro atoms. The number of fused-ring (bicyclic) bond motifs is 1. The van der Waals surface area contributed by atoms with Gasteiger partial charge in [0.05, 0.1) is 12.1 Å². The van der Waals surface area contributed by atoms with Gasteiger partial charge in [-0.2, -0.15) is 0 Å². The third-order valence-electron chi connectivity index (χ3n) is 4.13. The van der Waals surface area contributed by atoms with Gasteiger partial charge in [0.25, 0.3) is 0 Å². The van der Waals surface area contributed by atoms with Gasteiger partial charge in [-0.15, -0.1) is 11.8 Å². The van der Waals surface area contributed by atoms with Crippen molar-refractivity contribution in [2.75, 3.05) is 6.61 Å². The Morgan fingerprint density at radius 2 is 1.86 bits per heavy atom. The summed E-state index contributed by atoms with van der Waals surface area (Å²) in [6.45, 7) is 8.88. The summed E-state index contributed by atoms with van der Waals surface area (Å²) in [6, 6.07) is 12.8. The molecule has 4 nitrogen and oxygen atoms in total. The average molecular weight is 418 g/mol. The van der Waals surface area contributed by atoms with E-state index in [2.05, 4.69) is 20.8 Å². The maximum atomic E-state index is 12.9. The summed E-state index contributed by atoms with van der Waals surface area (Å²) in [7, 11) is 0. The Balaban J connectivity index is 2.25. The molecule has 28 heavy (non-hydrogen) atoms. The molecule has 0 saturated carbocycles. The van der Waals surface area contributed by atoms with Crippen LogP contribution in [0.4, 0.5) is 0 Å². The summed E-state index contributed by atoms with van der Waals surface area (Å²) in [4.78, 5) is 13.8. The minimum atomic E-state index is -0.362. The van der Waals surface area contributed by atoms with Crippen molar-refractivity contribution in [3.05, 3.63) is 58.7 Å². The lowest BCUT2D eigenvalue weighted by molar-refractivity contribution is 0.0510. The number of hydrogen-bond donors (Lipinski definition) is 1. The lowest BCUT2D eigenvalue weighted by Crippen LogP contribution is -2.15. The first kappa shape index (κ1) is 20.6. The molecule has 1 aromatic heterocycles. The molecule has 6 heteroatoms. The van der Waals surface area contributed by atoms with Crippen LogP contribution in [0.15, 0.2) is 47.4 Å². The number of rotatable bonds is 5. The molecule has 148 valence electrons. The van der Waals surface area contributed by atoms with Crippen molar-refractivity contribution in [1.29, 1.82) is 0 Å². The van der Waals surface area contributed by atoms with Crippen LogP contribution in [-0.4, -0.2) is 27.0 Å². The standard InChI is InChI=1S/C22H24ClNO3S/c1-5-27-21(26)19-20(28-22(2,3)4)17-12-16(25)10-11-18(17)24(19)13-14-6-8-15(23)9-7-14/h6-12,25H,5,13H2,1-4H3. The van der Waals surface area contributed by atoms with Gasteiger partial charge in [-0.1, -0.05) is 44.5 Å². The van der Waals surface area contributed by atoms with Crippen molar-refractivity contribution >= 4 is 40.2 Å². The first-order chi connectivity index (χ1) is 13.2. The molecule has 2 aromatic carbocycles. The number of aromatic hydroxyl groups is 1. The van der Waals surface area contributed by atoms with Crippen LogP contribution < -0.4 is 0 Å². The quantitative estimate of drug-likeness (QED) is 0.401. The second-order valence-electron chi connectivity index (χ2n) is 7.53. The number of halogens is 1. The van der Waals surface area contributed by atoms with Gasteiger partial charge >= 0.3 is 5.97 Å². The van der Waals surface area contributed by atoms with Crippen LogP contribution >= 0.6 is 23.4 Å². The van der Waals surface area contributed by atoms with Gasteiger partial charge in [-0.25, -0.2) is 4.79 Å². The molecule has 0 amide bonds. The van der Waals surface area contributed by atoms with Crippen molar-refractivity contribution < 1.29 is 14.6 Å². The van der Waals surface area contributed by atoms with E-state index in [1.165, 1.54) is 0 Å². The third-order valence-corrected chi connectivity index (χ3v) is 5.61. The second kappa shape index (κ2) is 8.10. The van der Waals surface area contributed by atoms with E-state index in [1.54, 1.807) is 30.8 Å². The number of phenolic OH excluding ortho intramolecular Hbond substituents is 1. The molecule has 0 aliphatic rings. The number of phenols is 1. The Kier molecular flexibility index (Phi) is 5.96. The normalized spacial score (nSPS) is 11.8. The highest BCUT2D eigenvalue weighted by molar-refractivity contribution is 8.00. The number of nitrogens with zero attached hydrogens (tertiary/aromatic N) is 1. The van der Waals surface area contributed by atoms with E-state index >= 15 is 0 Å². The topological polar surface area (TPSA) is 51.5 Å². The zero-order chi connectivity index (χ0) is 20.5. The lowest BCUT2D eigenvalue weighted by atomic mass is 10.2. The molecule has 0 aliphatic carbocycles. The number of carbonyl (C=O) groups is 1. The summed E-state index contributed by atoms with van der Waals surface area (Å²) in [6.07, 6.45) is 0. The van der Waals surface area contributed by atoms with E-state index in [1.807, 2.05) is 34.9 Å². The highest BCUT2D eigenvalue weighted by Crippen LogP contribution is 2.42. The molecule has 0 atom stereocenters. The van der Waals surface area contributed by atoms with Gasteiger partial charge in [-0.3, -0.25) is 0 Å². The smallest absolute Gasteiger partial charge is 0.356 e. The fourth-order valence-electron chi connectivity index (χ4n) is 3.06. The van der Waals surface area contributed by atoms with Crippen LogP contribution in [0.3, 0.4) is 0 Å². The van der Waals surface area contributed by atoms with E-state index in [0.717, 1.165) is 21.4 Å². The van der Waals surface area contributed by atoms with Gasteiger partial charge in [0.2, 0.25) is 0 Å². The van der Waals surface area contributed by atoms with Crippen LogP contribution in [0, 0.1) is 0 Å². The van der Waals surface area contributed by atoms with Crippen molar-refractivity contribution in [3.8, 4) is 5.75 Å². The number of ether oxygens (including phenoxy) is 1. The fourth-order valence-corrected chi connectivity index (χ4v) is 4.36. The number of carbonyl (C=O) groups excluding carboxylic acids is 1. The molecule has 0 fully saturated rings. The van der Waals surface area contributed by atoms with E-state index in [-0.39, 0.29) is 16.5 Å². The summed E-state index contributed by atoms with van der Waals surface area (Å²) in [5.41, 5.74) is 2.41. The predicted molar refractivity (Wildman–Crippen MR) is 116 cm³/mol. The minimum absolute atomic E-state index is 0.119. The number of thioether (sulfide) groups is 1. The number of benzene rings is 2. The van der Waals surface area contributed by atoms with Crippen LogP contribution in [-0.2, 0) is 11.3 Å². The van der Waals surface area contributed by atoms with E-state index in [9.17, 15) is 9.90 Å². The second-order valence-corrected chi connectivity index (χ2v) is 9.80. The van der Waals surface area contributed by atoms with Gasteiger partial charge in [0, 0.05) is 26.6 Å². The van der Waals surface area contributed by atoms with Gasteiger partial charge in [0.15, 0.2) is 0 Å². The predicted octanol–water partition coefficient (Wildman–Crippen LogP) is 6.12. The highest BCUT2D eigenvalue weighted by Gasteiger charge is 2.28. The Morgan fingerprint density at radius 3 is 2.46 bits per heavy atom. The largest absolute Gasteiger partial charge is 0.508 e. The maximum absolute atomic E-state index is 12.9. The molecule has 1 heterocycles. The number of hydrogen-bond acceptors (Lipinski definition) is 4. The average Bonchev–Trinajstić information content (AvgIpc) is 2.88. The highest BCUT2D eigenvalue weighted by atomic mass is 35.5. The maximum Gasteiger partial charge on any atom is 0.356 e. The summed E-state index contributed by atoms with van der Waals surface area (Å²) >= 11 is 7.61. The Labute approximate surface area is 174 Å². The van der Waals surface area contributed by atoms with Crippen LogP contribution in [0.2, 0.25) is 5.02 Å². The SMILES string of the molecule is CCOC(=O)c1c(SC(C)(C)C)c2cc(O)ccc2n1Cc1ccc(Cl)cc1. The molecule has 0 radical (unpaired) electrons. The molecule has 0 bridgehead atoms. The third kappa shape index (κ3) is 4.47. The van der Waals surface area contributed by atoms with Crippen molar-refractivity contribution in [1.82, 2.24) is 4.57 Å². The Hall–Kier alpha value is -2.11. The van der Waals surface area contributed by atoms with E-state index in [0.29, 0.717) is 23.9 Å². The molecule has 3 aromatic rings. The van der Waals surface area contributed by atoms with Crippen LogP contribution in [0.5, 0.6) is 5.75 Å². The summed E-state index contributed by atoms with van der Waals surface area (Å²) in [5, 5.41) is 11.6. The van der Waals surface area contributed by atoms with Gasteiger partial charge < -0.3 is 14.4 Å². The Morgan fingerprint density at radius 1 is 1.18 bits per heavy atom. The molecular formula is C22H24ClNO3S. The first-order valence-corrected chi connectivity index (χ1v) is 10.3. The first-order valence-electron chi connectivity index (χ1n) is 9.15. The zero-order valence-corrected chi connectivity index (χ0v) is 18.0. The minimum Gasteiger partial charge on any atom is -0.508 e. The molecule has 0 saturated heterocycles. The van der Waals surface area contributed by atoms with E-state index < -0.39 is 0 Å². The van der Waals surface area contributed by atoms with E-state index in [4.69, 9.17) is 16.3 Å². The molecular weight excluding hydrogens is 394 g/mol. The van der Waals surface area contributed by atoms with Crippen molar-refractivity contribution in [2.24, 2.45) is 0 Å². The fraction of sp³-hybridized carbons (Fsp3) is 0.318. The number of esters is 1. The monoisotopic (exact) mass is 417 g/mol. The molecule has 1 N–H and O–H groups in total. The molecule has 0 unspecified atom stereocenters. The Bertz CT molecular complexity index is 1000. The number of aromatic nitrogens is 1. The summed E-state index contributed by atoms with van der Waals surface area (Å²) in [5.74, 6) is -0.193. The van der Waals surface area contributed by atoms with Gasteiger partial charge in [0.1, 0.15) is 11.4 Å². The van der Waals surface area contributed by atoms with Crippen molar-refractivity contribution in [3.63, 3.8) is 0 Å². The van der Waals surface area contributed by atoms with Crippen LogP contribution in [0.25, 0.3) is 10.9 Å². The van der Waals surface area contributed by atoms with Crippen molar-refractivity contribution in [2.45, 2.75) is 43.9 Å². The van der Waals surface area contributed by atoms with Gasteiger partial charge in [-0.05, 0) is 42.8 Å². The molecule has 0 aliphatic heterocycles. The summed E-state index contributed by atoms with van der Waals surface area (Å²) < 4.78 is 7.23.